The van der Waals surface area contributed by atoms with Crippen molar-refractivity contribution < 1.29 is 34.0 Å². The number of aromatic carboxylic acids is 1. The van der Waals surface area contributed by atoms with Gasteiger partial charge < -0.3 is 24.8 Å². The van der Waals surface area contributed by atoms with Gasteiger partial charge in [-0.3, -0.25) is 0 Å². The minimum atomic E-state index is -1.98. The van der Waals surface area contributed by atoms with Gasteiger partial charge in [0, 0.05) is 0 Å². The van der Waals surface area contributed by atoms with Crippen molar-refractivity contribution in [3.8, 4) is 0 Å². The Kier molecular flexibility index (Phi) is 7.81. The highest BCUT2D eigenvalue weighted by Gasteiger charge is 2.43. The number of benzene rings is 1. The maximum Gasteiger partial charge on any atom is 0.336 e. The highest BCUT2D eigenvalue weighted by atomic mass is 19.1. The molecule has 2 rings (SSSR count). The summed E-state index contributed by atoms with van der Waals surface area (Å²) in [5.74, 6) is -1.93. The number of carboxylic acid groups (broad SMARTS) is 1. The van der Waals surface area contributed by atoms with Crippen LogP contribution in [0.5, 0.6) is 0 Å². The van der Waals surface area contributed by atoms with E-state index in [2.05, 4.69) is 0 Å². The smallest absolute Gasteiger partial charge is 0.336 e. The average Bonchev–Trinajstić information content (AvgIpc) is 2.93. The number of halogens is 1. The Hall–Kier alpha value is -2.06. The van der Waals surface area contributed by atoms with E-state index in [1.807, 2.05) is 13.0 Å². The lowest BCUT2D eigenvalue weighted by Crippen LogP contribution is -2.35. The zero-order chi connectivity index (χ0) is 23.6. The van der Waals surface area contributed by atoms with Crippen LogP contribution in [0, 0.1) is 13.8 Å². The van der Waals surface area contributed by atoms with E-state index >= 15 is 0 Å². The number of aryl methyl sites for hydroxylation is 2. The Morgan fingerprint density at radius 2 is 1.94 bits per heavy atom. The SMILES string of the molecule is Cc1cc(C)c(C(=O)O)c(/C=C/C[C@@H]2OC(C)(C)OC2C(O)/C=C\C(C)(F)C(C)O)c1. The monoisotopic (exact) mass is 436 g/mol. The second-order valence-corrected chi connectivity index (χ2v) is 8.80. The predicted molar refractivity (Wildman–Crippen MR) is 117 cm³/mol. The molecule has 1 aliphatic rings. The summed E-state index contributed by atoms with van der Waals surface area (Å²) in [6.45, 7) is 9.66. The number of rotatable bonds is 8. The highest BCUT2D eigenvalue weighted by Crippen LogP contribution is 2.33. The number of hydrogen-bond donors (Lipinski definition) is 3. The molecule has 3 N–H and O–H groups in total. The van der Waals surface area contributed by atoms with Crippen LogP contribution in [0.1, 0.15) is 61.2 Å². The van der Waals surface area contributed by atoms with Gasteiger partial charge in [-0.25, -0.2) is 9.18 Å². The maximum absolute atomic E-state index is 14.3. The Balaban J connectivity index is 2.20. The van der Waals surface area contributed by atoms with Crippen LogP contribution in [0.15, 0.2) is 30.4 Å². The third kappa shape index (κ3) is 6.46. The Morgan fingerprint density at radius 3 is 2.52 bits per heavy atom. The minimum Gasteiger partial charge on any atom is -0.478 e. The van der Waals surface area contributed by atoms with E-state index in [0.29, 0.717) is 17.5 Å². The number of aliphatic hydroxyl groups excluding tert-OH is 2. The Labute approximate surface area is 183 Å². The number of ether oxygens (including phenoxy) is 2. The third-order valence-electron chi connectivity index (χ3n) is 5.38. The fourth-order valence-electron chi connectivity index (χ4n) is 3.62. The molecule has 31 heavy (non-hydrogen) atoms. The molecule has 0 amide bonds. The van der Waals surface area contributed by atoms with Crippen LogP contribution in [0.3, 0.4) is 0 Å². The lowest BCUT2D eigenvalue weighted by molar-refractivity contribution is -0.152. The van der Waals surface area contributed by atoms with Gasteiger partial charge in [0.15, 0.2) is 11.5 Å². The van der Waals surface area contributed by atoms with Gasteiger partial charge in [-0.05, 0) is 65.2 Å². The summed E-state index contributed by atoms with van der Waals surface area (Å²) in [5.41, 5.74) is 0.479. The van der Waals surface area contributed by atoms with Gasteiger partial charge in [0.25, 0.3) is 0 Å². The van der Waals surface area contributed by atoms with E-state index < -0.39 is 41.8 Å². The zero-order valence-electron chi connectivity index (χ0n) is 18.9. The van der Waals surface area contributed by atoms with Crippen molar-refractivity contribution in [2.24, 2.45) is 0 Å². The van der Waals surface area contributed by atoms with Crippen molar-refractivity contribution in [3.05, 3.63) is 52.6 Å². The molecule has 0 radical (unpaired) electrons. The number of aliphatic hydroxyl groups is 2. The summed E-state index contributed by atoms with van der Waals surface area (Å²) in [5, 5.41) is 29.6. The van der Waals surface area contributed by atoms with Crippen LogP contribution >= 0.6 is 0 Å². The van der Waals surface area contributed by atoms with Crippen LogP contribution in [0.2, 0.25) is 0 Å². The quantitative estimate of drug-likeness (QED) is 0.534. The molecular formula is C24H33FO6. The van der Waals surface area contributed by atoms with E-state index in [1.165, 1.54) is 19.9 Å². The van der Waals surface area contributed by atoms with E-state index in [-0.39, 0.29) is 5.56 Å². The lowest BCUT2D eigenvalue weighted by Gasteiger charge is -2.22. The molecule has 1 aliphatic heterocycles. The van der Waals surface area contributed by atoms with Crippen LogP contribution < -0.4 is 0 Å². The summed E-state index contributed by atoms with van der Waals surface area (Å²) in [6, 6.07) is 3.62. The summed E-state index contributed by atoms with van der Waals surface area (Å²) in [6.07, 6.45) is 2.61. The van der Waals surface area contributed by atoms with E-state index in [1.54, 1.807) is 39.0 Å². The van der Waals surface area contributed by atoms with E-state index in [9.17, 15) is 24.5 Å². The molecule has 4 unspecified atom stereocenters. The molecular weight excluding hydrogens is 403 g/mol. The first-order chi connectivity index (χ1) is 14.2. The zero-order valence-corrected chi connectivity index (χ0v) is 18.9. The largest absolute Gasteiger partial charge is 0.478 e. The molecule has 172 valence electrons. The number of hydrogen-bond acceptors (Lipinski definition) is 5. The molecule has 0 aromatic heterocycles. The first-order valence-corrected chi connectivity index (χ1v) is 10.3. The summed E-state index contributed by atoms with van der Waals surface area (Å²) in [4.78, 5) is 11.6. The number of carboxylic acids is 1. The second kappa shape index (κ2) is 9.61. The standard InChI is InChI=1S/C24H33FO6/c1-14-12-15(2)20(22(28)29)17(13-14)8-7-9-19-21(31-23(4,5)30-19)18(27)10-11-24(6,25)16(3)26/h7-8,10-13,16,18-19,21,26-27H,9H2,1-6H3,(H,28,29)/b8-7+,11-10-/t16?,18?,19-,21?,24?/m0/s1. The number of carbonyl (C=O) groups is 1. The molecule has 1 saturated heterocycles. The summed E-state index contributed by atoms with van der Waals surface area (Å²) >= 11 is 0. The van der Waals surface area contributed by atoms with Crippen molar-refractivity contribution in [1.29, 1.82) is 0 Å². The van der Waals surface area contributed by atoms with Crippen molar-refractivity contribution in [2.75, 3.05) is 0 Å². The first-order valence-electron chi connectivity index (χ1n) is 10.3. The molecule has 1 aromatic rings. The molecule has 1 aromatic carbocycles. The number of alkyl halides is 1. The van der Waals surface area contributed by atoms with Gasteiger partial charge in [-0.15, -0.1) is 0 Å². The Bertz CT molecular complexity index is 856. The maximum atomic E-state index is 14.3. The molecule has 1 heterocycles. The van der Waals surface area contributed by atoms with E-state index in [4.69, 9.17) is 9.47 Å². The average molecular weight is 437 g/mol. The molecule has 7 heteroatoms. The Morgan fingerprint density at radius 1 is 1.29 bits per heavy atom. The van der Waals surface area contributed by atoms with Crippen molar-refractivity contribution in [3.63, 3.8) is 0 Å². The van der Waals surface area contributed by atoms with Gasteiger partial charge in [0.1, 0.15) is 12.2 Å². The highest BCUT2D eigenvalue weighted by molar-refractivity contribution is 5.94. The van der Waals surface area contributed by atoms with Crippen LogP contribution in [-0.4, -0.2) is 57.2 Å². The normalized spacial score (nSPS) is 25.1. The van der Waals surface area contributed by atoms with Gasteiger partial charge in [0.2, 0.25) is 0 Å². The molecule has 0 bridgehead atoms. The second-order valence-electron chi connectivity index (χ2n) is 8.80. The van der Waals surface area contributed by atoms with Crippen LogP contribution in [0.4, 0.5) is 4.39 Å². The third-order valence-corrected chi connectivity index (χ3v) is 5.38. The molecule has 6 nitrogen and oxygen atoms in total. The lowest BCUT2D eigenvalue weighted by atomic mass is 9.97. The van der Waals surface area contributed by atoms with Gasteiger partial charge in [0.05, 0.1) is 17.8 Å². The van der Waals surface area contributed by atoms with Crippen molar-refractivity contribution >= 4 is 12.0 Å². The molecule has 0 spiro atoms. The summed E-state index contributed by atoms with van der Waals surface area (Å²) < 4.78 is 26.0. The van der Waals surface area contributed by atoms with Gasteiger partial charge in [-0.2, -0.15) is 0 Å². The minimum absolute atomic E-state index is 0.241. The van der Waals surface area contributed by atoms with Crippen LogP contribution in [-0.2, 0) is 9.47 Å². The molecule has 0 aliphatic carbocycles. The molecule has 1 fully saturated rings. The molecule has 5 atom stereocenters. The van der Waals surface area contributed by atoms with E-state index in [0.717, 1.165) is 11.6 Å². The summed E-state index contributed by atoms with van der Waals surface area (Å²) in [7, 11) is 0. The van der Waals surface area contributed by atoms with Gasteiger partial charge >= 0.3 is 5.97 Å². The first kappa shape index (κ1) is 25.2. The molecule has 0 saturated carbocycles. The fraction of sp³-hybridized carbons (Fsp3) is 0.542. The fourth-order valence-corrected chi connectivity index (χ4v) is 3.62. The topological polar surface area (TPSA) is 96.2 Å². The van der Waals surface area contributed by atoms with Gasteiger partial charge in [-0.1, -0.05) is 35.9 Å². The van der Waals surface area contributed by atoms with Crippen molar-refractivity contribution in [1.82, 2.24) is 0 Å². The van der Waals surface area contributed by atoms with Crippen molar-refractivity contribution in [2.45, 2.75) is 83.8 Å². The predicted octanol–water partition coefficient (Wildman–Crippen LogP) is 3.95. The van der Waals surface area contributed by atoms with Crippen LogP contribution in [0.25, 0.3) is 6.08 Å².